The molecule has 0 aliphatic carbocycles. The zero-order valence-corrected chi connectivity index (χ0v) is 22.6. The lowest BCUT2D eigenvalue weighted by Crippen LogP contribution is -2.49. The van der Waals surface area contributed by atoms with Gasteiger partial charge < -0.3 is 25.3 Å². The zero-order chi connectivity index (χ0) is 26.2. The Bertz CT molecular complexity index is 932. The summed E-state index contributed by atoms with van der Waals surface area (Å²) in [6.07, 6.45) is 8.05. The van der Waals surface area contributed by atoms with E-state index in [4.69, 9.17) is 31.5 Å². The minimum absolute atomic E-state index is 0.0508. The maximum absolute atomic E-state index is 12.7. The summed E-state index contributed by atoms with van der Waals surface area (Å²) in [5, 5.41) is 3.23. The van der Waals surface area contributed by atoms with Gasteiger partial charge in [-0.2, -0.15) is 0 Å². The first-order chi connectivity index (χ1) is 17.9. The van der Waals surface area contributed by atoms with Gasteiger partial charge in [0.2, 0.25) is 0 Å². The predicted molar refractivity (Wildman–Crippen MR) is 143 cm³/mol. The number of carbonyl (C=O) groups is 2. The molecule has 0 aromatic heterocycles. The molecule has 3 aliphatic rings. The Kier molecular flexibility index (Phi) is 10.3. The second kappa shape index (κ2) is 13.6. The summed E-state index contributed by atoms with van der Waals surface area (Å²) in [4.78, 5) is 29.8. The van der Waals surface area contributed by atoms with Crippen molar-refractivity contribution in [2.24, 2.45) is 0 Å². The molecule has 3 unspecified atom stereocenters. The molecule has 3 saturated heterocycles. The van der Waals surface area contributed by atoms with E-state index in [1.807, 2.05) is 0 Å². The Labute approximate surface area is 224 Å². The van der Waals surface area contributed by atoms with Crippen LogP contribution < -0.4 is 15.8 Å². The van der Waals surface area contributed by atoms with Crippen LogP contribution in [0.1, 0.15) is 61.7 Å². The fourth-order valence-electron chi connectivity index (χ4n) is 5.44. The number of fused-ring (bicyclic) bond motifs is 1. The highest BCUT2D eigenvalue weighted by Crippen LogP contribution is 2.29. The zero-order valence-electron chi connectivity index (χ0n) is 21.9. The average molecular weight is 537 g/mol. The number of amides is 1. The average Bonchev–Trinajstić information content (AvgIpc) is 3.01. The molecule has 10 heteroatoms. The second-order valence-electron chi connectivity index (χ2n) is 10.4. The molecule has 0 saturated carbocycles. The minimum Gasteiger partial charge on any atom is -0.496 e. The van der Waals surface area contributed by atoms with Gasteiger partial charge in [-0.3, -0.25) is 19.4 Å². The molecular weight excluding hydrogens is 496 g/mol. The highest BCUT2D eigenvalue weighted by atomic mass is 35.5. The number of hydrogen-bond acceptors (Lipinski definition) is 8. The van der Waals surface area contributed by atoms with Gasteiger partial charge in [0.25, 0.3) is 5.91 Å². The molecule has 3 heterocycles. The van der Waals surface area contributed by atoms with Gasteiger partial charge in [-0.05, 0) is 51.1 Å². The van der Waals surface area contributed by atoms with Gasteiger partial charge in [-0.1, -0.05) is 18.0 Å². The summed E-state index contributed by atoms with van der Waals surface area (Å²) in [5.41, 5.74) is 6.51. The number of nitrogens with two attached hydrogens (primary N) is 1. The number of methoxy groups -OCH3 is 1. The molecule has 9 nitrogen and oxygen atoms in total. The fraction of sp³-hybridized carbons (Fsp3) is 0.704. The van der Waals surface area contributed by atoms with Crippen molar-refractivity contribution in [2.75, 3.05) is 58.7 Å². The van der Waals surface area contributed by atoms with Crippen LogP contribution in [0, 0.1) is 0 Å². The van der Waals surface area contributed by atoms with Gasteiger partial charge in [-0.15, -0.1) is 0 Å². The number of unbranched alkanes of at least 4 members (excludes halogenated alkanes) is 2. The van der Waals surface area contributed by atoms with Crippen molar-refractivity contribution in [3.8, 4) is 5.75 Å². The monoisotopic (exact) mass is 536 g/mol. The van der Waals surface area contributed by atoms with Crippen molar-refractivity contribution >= 4 is 29.2 Å². The molecule has 0 bridgehead atoms. The molecule has 3 N–H and O–H groups in total. The van der Waals surface area contributed by atoms with Crippen LogP contribution in [-0.4, -0.2) is 92.9 Å². The summed E-state index contributed by atoms with van der Waals surface area (Å²) in [6, 6.07) is 3.80. The normalized spacial score (nSPS) is 24.4. The number of nitrogen functional groups attached to an aromatic ring is 1. The predicted octanol–water partition coefficient (Wildman–Crippen LogP) is 3.09. The molecule has 0 radical (unpaired) electrons. The number of morpholine rings is 1. The van der Waals surface area contributed by atoms with Crippen LogP contribution in [0.25, 0.3) is 0 Å². The number of anilines is 1. The smallest absolute Gasteiger partial charge is 0.306 e. The van der Waals surface area contributed by atoms with Crippen molar-refractivity contribution < 1.29 is 23.8 Å². The van der Waals surface area contributed by atoms with Gasteiger partial charge in [0, 0.05) is 51.3 Å². The molecule has 3 fully saturated rings. The van der Waals surface area contributed by atoms with Gasteiger partial charge in [-0.25, -0.2) is 0 Å². The van der Waals surface area contributed by atoms with E-state index >= 15 is 0 Å². The Balaban J connectivity index is 1.10. The Morgan fingerprint density at radius 2 is 2.03 bits per heavy atom. The van der Waals surface area contributed by atoms with Crippen LogP contribution in [0.3, 0.4) is 0 Å². The number of halogens is 1. The number of hydrogen-bond donors (Lipinski definition) is 2. The van der Waals surface area contributed by atoms with Crippen LogP contribution in [0.15, 0.2) is 12.1 Å². The molecule has 206 valence electrons. The molecule has 1 aromatic rings. The quantitative estimate of drug-likeness (QED) is 0.252. The van der Waals surface area contributed by atoms with Gasteiger partial charge >= 0.3 is 5.97 Å². The largest absolute Gasteiger partial charge is 0.496 e. The van der Waals surface area contributed by atoms with Crippen LogP contribution in [0.5, 0.6) is 5.75 Å². The van der Waals surface area contributed by atoms with Crippen LogP contribution in [0.2, 0.25) is 5.02 Å². The number of nitrogens with zero attached hydrogens (tertiary/aromatic N) is 2. The Morgan fingerprint density at radius 1 is 1.16 bits per heavy atom. The van der Waals surface area contributed by atoms with Crippen LogP contribution in [-0.2, 0) is 14.3 Å². The van der Waals surface area contributed by atoms with E-state index in [9.17, 15) is 9.59 Å². The third kappa shape index (κ3) is 7.96. The topological polar surface area (TPSA) is 106 Å². The van der Waals surface area contributed by atoms with E-state index in [-0.39, 0.29) is 24.1 Å². The van der Waals surface area contributed by atoms with E-state index < -0.39 is 0 Å². The van der Waals surface area contributed by atoms with Gasteiger partial charge in [0.05, 0.1) is 36.1 Å². The summed E-state index contributed by atoms with van der Waals surface area (Å²) < 4.78 is 16.9. The summed E-state index contributed by atoms with van der Waals surface area (Å²) in [7, 11) is 1.49. The van der Waals surface area contributed by atoms with Crippen LogP contribution in [0.4, 0.5) is 5.69 Å². The van der Waals surface area contributed by atoms with E-state index in [2.05, 4.69) is 15.1 Å². The van der Waals surface area contributed by atoms with Gasteiger partial charge in [0.1, 0.15) is 11.9 Å². The lowest BCUT2D eigenvalue weighted by molar-refractivity contribution is -0.150. The third-order valence-corrected chi connectivity index (χ3v) is 8.02. The van der Waals surface area contributed by atoms with E-state index in [0.717, 1.165) is 70.9 Å². The van der Waals surface area contributed by atoms with Crippen molar-refractivity contribution in [1.29, 1.82) is 0 Å². The second-order valence-corrected chi connectivity index (χ2v) is 10.8. The molecule has 3 atom stereocenters. The van der Waals surface area contributed by atoms with Crippen molar-refractivity contribution in [1.82, 2.24) is 15.1 Å². The number of esters is 1. The van der Waals surface area contributed by atoms with Crippen LogP contribution >= 0.6 is 11.6 Å². The number of benzene rings is 1. The lowest BCUT2D eigenvalue weighted by atomic mass is 10.00. The third-order valence-electron chi connectivity index (χ3n) is 7.70. The molecule has 3 aliphatic heterocycles. The number of nitrogens with one attached hydrogen (secondary N) is 1. The Morgan fingerprint density at radius 3 is 2.81 bits per heavy atom. The number of ether oxygens (including phenoxy) is 3. The first-order valence-electron chi connectivity index (χ1n) is 13.6. The van der Waals surface area contributed by atoms with Crippen molar-refractivity contribution in [3.63, 3.8) is 0 Å². The first-order valence-corrected chi connectivity index (χ1v) is 14.0. The molecule has 0 spiro atoms. The maximum atomic E-state index is 12.7. The number of carbonyl (C=O) groups excluding carboxylic acids is 2. The summed E-state index contributed by atoms with van der Waals surface area (Å²) in [5.74, 6) is 0.0542. The minimum atomic E-state index is -0.278. The molecular formula is C27H41ClN4O5. The molecule has 1 amide bonds. The highest BCUT2D eigenvalue weighted by Gasteiger charge is 2.33. The maximum Gasteiger partial charge on any atom is 0.306 e. The Hall–Kier alpha value is -2.07. The van der Waals surface area contributed by atoms with Gasteiger partial charge in [0.15, 0.2) is 0 Å². The highest BCUT2D eigenvalue weighted by molar-refractivity contribution is 6.33. The lowest BCUT2D eigenvalue weighted by Gasteiger charge is -2.40. The summed E-state index contributed by atoms with van der Waals surface area (Å²) in [6.45, 7) is 5.65. The van der Waals surface area contributed by atoms with E-state index in [0.29, 0.717) is 41.6 Å². The van der Waals surface area contributed by atoms with Crippen molar-refractivity contribution in [2.45, 2.75) is 69.6 Å². The SMILES string of the molecule is COc1cc(N)c(Cl)cc1C(=O)NCC1CN(CCCCCC(=O)OC2CCCC3CCN3C2)CCO1. The van der Waals surface area contributed by atoms with E-state index in [1.165, 1.54) is 26.0 Å². The fourth-order valence-corrected chi connectivity index (χ4v) is 5.61. The molecule has 37 heavy (non-hydrogen) atoms. The van der Waals surface area contributed by atoms with E-state index in [1.54, 1.807) is 6.07 Å². The summed E-state index contributed by atoms with van der Waals surface area (Å²) >= 11 is 6.09. The molecule has 4 rings (SSSR count). The molecule has 1 aromatic carbocycles. The first kappa shape index (κ1) is 28.0. The standard InChI is InChI=1S/C27H41ClN4O5/c1-35-25-15-24(29)23(28)14-22(25)27(34)30-16-21-17-31(12-13-36-21)10-4-2-3-8-26(33)37-20-7-5-6-19-9-11-32(19)18-20/h14-15,19-21H,2-13,16-18,29H2,1H3,(H,30,34). The number of rotatable bonds is 11. The van der Waals surface area contributed by atoms with Crippen molar-refractivity contribution in [3.05, 3.63) is 22.7 Å².